The molecule has 0 saturated carbocycles. The first-order valence-electron chi connectivity index (χ1n) is 11.0. The fourth-order valence-corrected chi connectivity index (χ4v) is 4.29. The molecule has 2 amide bonds. The number of fused-ring (bicyclic) bond motifs is 2. The van der Waals surface area contributed by atoms with Gasteiger partial charge < -0.3 is 19.5 Å². The normalized spacial score (nSPS) is 17.5. The number of aryl methyl sites for hydroxylation is 1. The lowest BCUT2D eigenvalue weighted by Crippen LogP contribution is -2.48. The largest absolute Gasteiger partial charge is 0.476 e. The van der Waals surface area contributed by atoms with Crippen LogP contribution in [0.2, 0.25) is 0 Å². The lowest BCUT2D eigenvalue weighted by Gasteiger charge is -2.33. The van der Waals surface area contributed by atoms with Gasteiger partial charge in [-0.2, -0.15) is 0 Å². The molecule has 0 spiro atoms. The summed E-state index contributed by atoms with van der Waals surface area (Å²) < 4.78 is 8.07. The van der Waals surface area contributed by atoms with Gasteiger partial charge in [-0.25, -0.2) is 0 Å². The molecule has 0 bridgehead atoms. The second-order valence-corrected chi connectivity index (χ2v) is 8.17. The molecule has 0 radical (unpaired) electrons. The van der Waals surface area contributed by atoms with Crippen LogP contribution in [0.25, 0.3) is 11.4 Å². The van der Waals surface area contributed by atoms with E-state index in [1.165, 1.54) is 13.3 Å². The third kappa shape index (κ3) is 3.84. The van der Waals surface area contributed by atoms with Gasteiger partial charge in [0.1, 0.15) is 11.6 Å². The van der Waals surface area contributed by atoms with E-state index in [1.807, 2.05) is 42.5 Å². The lowest BCUT2D eigenvalue weighted by atomic mass is 10.1. The van der Waals surface area contributed by atoms with Crippen molar-refractivity contribution in [3.8, 4) is 17.1 Å². The zero-order chi connectivity index (χ0) is 22.1. The summed E-state index contributed by atoms with van der Waals surface area (Å²) >= 11 is 0. The smallest absolute Gasteiger partial charge is 0.267 e. The Labute approximate surface area is 186 Å². The molecule has 3 heterocycles. The van der Waals surface area contributed by atoms with E-state index in [1.54, 1.807) is 11.0 Å². The van der Waals surface area contributed by atoms with Gasteiger partial charge in [0.2, 0.25) is 5.91 Å². The summed E-state index contributed by atoms with van der Waals surface area (Å²) in [6.07, 6.45) is 3.66. The Bertz CT molecular complexity index is 1150. The second-order valence-electron chi connectivity index (χ2n) is 8.17. The molecule has 2 aliphatic heterocycles. The molecule has 0 saturated heterocycles. The van der Waals surface area contributed by atoms with Crippen LogP contribution in [0.4, 0.5) is 11.4 Å². The number of benzene rings is 2. The van der Waals surface area contributed by atoms with Crippen LogP contribution < -0.4 is 15.0 Å². The molecule has 1 atom stereocenters. The highest BCUT2D eigenvalue weighted by atomic mass is 16.5. The number of nitrogens with one attached hydrogen (secondary N) is 1. The fourth-order valence-electron chi connectivity index (χ4n) is 4.29. The van der Waals surface area contributed by atoms with E-state index in [0.717, 1.165) is 43.0 Å². The summed E-state index contributed by atoms with van der Waals surface area (Å²) in [4.78, 5) is 26.5. The molecule has 1 N–H and O–H groups in total. The topological polar surface area (TPSA) is 89.4 Å². The molecule has 3 aromatic rings. The molecule has 0 aliphatic carbocycles. The summed E-state index contributed by atoms with van der Waals surface area (Å²) in [5.74, 6) is 2.01. The molecule has 2 aliphatic rings. The number of hydrogen-bond acceptors (Lipinski definition) is 5. The van der Waals surface area contributed by atoms with E-state index < -0.39 is 6.10 Å². The standard InChI is InChI=1S/C24H25N5O3/c1-16(30)29-15-21(32-20-8-5-4-7-19(20)29)24(31)25-18-12-10-17(11-13-18)23-27-26-22-9-3-2-6-14-28(22)23/h4-5,7-8,10-13,21H,2-3,6,9,14-15H2,1H3,(H,25,31)/t21-/m0/s1. The van der Waals surface area contributed by atoms with Gasteiger partial charge in [-0.3, -0.25) is 9.59 Å². The van der Waals surface area contributed by atoms with Crippen molar-refractivity contribution in [2.45, 2.75) is 45.3 Å². The van der Waals surface area contributed by atoms with Crippen molar-refractivity contribution in [2.75, 3.05) is 16.8 Å². The summed E-state index contributed by atoms with van der Waals surface area (Å²) in [5, 5.41) is 11.6. The zero-order valence-corrected chi connectivity index (χ0v) is 18.0. The summed E-state index contributed by atoms with van der Waals surface area (Å²) in [5.41, 5.74) is 2.31. The van der Waals surface area contributed by atoms with Gasteiger partial charge in [-0.15, -0.1) is 10.2 Å². The average molecular weight is 431 g/mol. The number of carbonyl (C=O) groups excluding carboxylic acids is 2. The molecular weight excluding hydrogens is 406 g/mol. The molecule has 0 fully saturated rings. The van der Waals surface area contributed by atoms with E-state index in [4.69, 9.17) is 4.74 Å². The van der Waals surface area contributed by atoms with Crippen molar-refractivity contribution in [1.29, 1.82) is 0 Å². The summed E-state index contributed by atoms with van der Waals surface area (Å²) in [7, 11) is 0. The van der Waals surface area contributed by atoms with Crippen LogP contribution in [0.15, 0.2) is 48.5 Å². The first-order chi connectivity index (χ1) is 15.6. The van der Waals surface area contributed by atoms with Gasteiger partial charge in [0.05, 0.1) is 12.2 Å². The van der Waals surface area contributed by atoms with Gasteiger partial charge in [0, 0.05) is 31.1 Å². The molecule has 8 nitrogen and oxygen atoms in total. The van der Waals surface area contributed by atoms with Crippen LogP contribution >= 0.6 is 0 Å². The molecule has 1 aromatic heterocycles. The maximum absolute atomic E-state index is 12.9. The lowest BCUT2D eigenvalue weighted by molar-refractivity contribution is -0.123. The Kier molecular flexibility index (Phi) is 5.34. The first kappa shape index (κ1) is 20.2. The third-order valence-corrected chi connectivity index (χ3v) is 5.97. The number of amides is 2. The Morgan fingerprint density at radius 2 is 1.84 bits per heavy atom. The van der Waals surface area contributed by atoms with E-state index >= 15 is 0 Å². The molecular formula is C24H25N5O3. The fraction of sp³-hybridized carbons (Fsp3) is 0.333. The number of anilines is 2. The van der Waals surface area contributed by atoms with Crippen LogP contribution in [0.1, 0.15) is 32.0 Å². The number of carbonyl (C=O) groups is 2. The van der Waals surface area contributed by atoms with E-state index in [-0.39, 0.29) is 18.4 Å². The Hall–Kier alpha value is -3.68. The number of para-hydroxylation sites is 2. The Morgan fingerprint density at radius 1 is 1.03 bits per heavy atom. The predicted octanol–water partition coefficient (Wildman–Crippen LogP) is 3.42. The Balaban J connectivity index is 1.31. The van der Waals surface area contributed by atoms with Gasteiger partial charge >= 0.3 is 0 Å². The number of rotatable bonds is 3. The van der Waals surface area contributed by atoms with Crippen molar-refractivity contribution in [3.63, 3.8) is 0 Å². The molecule has 0 unspecified atom stereocenters. The first-order valence-corrected chi connectivity index (χ1v) is 11.0. The van der Waals surface area contributed by atoms with Crippen LogP contribution in [-0.2, 0) is 22.6 Å². The maximum Gasteiger partial charge on any atom is 0.267 e. The maximum atomic E-state index is 12.9. The van der Waals surface area contributed by atoms with Crippen molar-refractivity contribution < 1.29 is 14.3 Å². The quantitative estimate of drug-likeness (QED) is 0.686. The Morgan fingerprint density at radius 3 is 2.66 bits per heavy atom. The zero-order valence-electron chi connectivity index (χ0n) is 18.0. The molecule has 5 rings (SSSR count). The molecule has 32 heavy (non-hydrogen) atoms. The number of aromatic nitrogens is 3. The average Bonchev–Trinajstić information content (AvgIpc) is 3.06. The van der Waals surface area contributed by atoms with Gasteiger partial charge in [-0.05, 0) is 49.2 Å². The predicted molar refractivity (Wildman–Crippen MR) is 121 cm³/mol. The highest BCUT2D eigenvalue weighted by molar-refractivity contribution is 5.99. The summed E-state index contributed by atoms with van der Waals surface area (Å²) in [6, 6.07) is 14.8. The molecule has 164 valence electrons. The van der Waals surface area contributed by atoms with Crippen LogP contribution in [0.5, 0.6) is 5.75 Å². The number of ether oxygens (including phenoxy) is 1. The SMILES string of the molecule is CC(=O)N1C[C@@H](C(=O)Nc2ccc(-c3nnc4n3CCCCC4)cc2)Oc2ccccc21. The minimum Gasteiger partial charge on any atom is -0.476 e. The second kappa shape index (κ2) is 8.45. The molecule has 8 heteroatoms. The van der Waals surface area contributed by atoms with Crippen molar-refractivity contribution in [3.05, 3.63) is 54.4 Å². The van der Waals surface area contributed by atoms with E-state index in [9.17, 15) is 9.59 Å². The van der Waals surface area contributed by atoms with Crippen LogP contribution in [0.3, 0.4) is 0 Å². The van der Waals surface area contributed by atoms with Crippen LogP contribution in [0, 0.1) is 0 Å². The number of hydrogen-bond donors (Lipinski definition) is 1. The van der Waals surface area contributed by atoms with Crippen molar-refractivity contribution in [1.82, 2.24) is 14.8 Å². The minimum atomic E-state index is -0.791. The van der Waals surface area contributed by atoms with Gasteiger partial charge in [0.15, 0.2) is 11.9 Å². The minimum absolute atomic E-state index is 0.129. The van der Waals surface area contributed by atoms with E-state index in [0.29, 0.717) is 17.1 Å². The molecule has 2 aromatic carbocycles. The highest BCUT2D eigenvalue weighted by Gasteiger charge is 2.32. The van der Waals surface area contributed by atoms with Crippen molar-refractivity contribution >= 4 is 23.2 Å². The number of nitrogens with zero attached hydrogens (tertiary/aromatic N) is 4. The monoisotopic (exact) mass is 431 g/mol. The van der Waals surface area contributed by atoms with Crippen molar-refractivity contribution in [2.24, 2.45) is 0 Å². The van der Waals surface area contributed by atoms with Crippen LogP contribution in [-0.4, -0.2) is 39.2 Å². The van der Waals surface area contributed by atoms with E-state index in [2.05, 4.69) is 20.1 Å². The van der Waals surface area contributed by atoms with Gasteiger partial charge in [0.25, 0.3) is 5.91 Å². The highest BCUT2D eigenvalue weighted by Crippen LogP contribution is 2.33. The van der Waals surface area contributed by atoms with Gasteiger partial charge in [-0.1, -0.05) is 18.6 Å². The summed E-state index contributed by atoms with van der Waals surface area (Å²) in [6.45, 7) is 2.59. The third-order valence-electron chi connectivity index (χ3n) is 5.97.